The number of aryl methyl sites for hydroxylation is 2. The van der Waals surface area contributed by atoms with Crippen molar-refractivity contribution in [3.63, 3.8) is 0 Å². The van der Waals surface area contributed by atoms with Gasteiger partial charge in [-0.2, -0.15) is 10.1 Å². The number of hydrogen-bond donors (Lipinski definition) is 1. The Kier molecular flexibility index (Phi) is 3.46. The molecule has 7 heteroatoms. The van der Waals surface area contributed by atoms with Crippen LogP contribution in [0.2, 0.25) is 0 Å². The van der Waals surface area contributed by atoms with Gasteiger partial charge in [0.15, 0.2) is 0 Å². The van der Waals surface area contributed by atoms with Crippen LogP contribution in [-0.2, 0) is 0 Å². The molecule has 112 valence electrons. The summed E-state index contributed by atoms with van der Waals surface area (Å²) in [7, 11) is 1.60. The SMILES string of the molecule is COc1ccc(NC(=O)c2cn3nc(C)nc3nc2C)cc1. The molecule has 2 aromatic heterocycles. The molecule has 0 atom stereocenters. The van der Waals surface area contributed by atoms with E-state index >= 15 is 0 Å². The fraction of sp³-hybridized carbons (Fsp3) is 0.200. The van der Waals surface area contributed by atoms with E-state index in [-0.39, 0.29) is 5.91 Å². The summed E-state index contributed by atoms with van der Waals surface area (Å²) in [6.07, 6.45) is 1.64. The monoisotopic (exact) mass is 297 g/mol. The van der Waals surface area contributed by atoms with Crippen molar-refractivity contribution in [2.24, 2.45) is 0 Å². The molecule has 0 aliphatic heterocycles. The first-order valence-corrected chi connectivity index (χ1v) is 6.73. The molecular formula is C15H15N5O2. The zero-order valence-electron chi connectivity index (χ0n) is 12.5. The summed E-state index contributed by atoms with van der Waals surface area (Å²) in [6.45, 7) is 3.55. The molecule has 0 unspecified atom stereocenters. The molecule has 0 radical (unpaired) electrons. The number of hydrogen-bond acceptors (Lipinski definition) is 5. The lowest BCUT2D eigenvalue weighted by Crippen LogP contribution is -2.15. The smallest absolute Gasteiger partial charge is 0.259 e. The van der Waals surface area contributed by atoms with E-state index in [1.807, 2.05) is 0 Å². The molecule has 0 aliphatic rings. The molecule has 1 N–H and O–H groups in total. The Balaban J connectivity index is 1.88. The fourth-order valence-electron chi connectivity index (χ4n) is 2.10. The average molecular weight is 297 g/mol. The van der Waals surface area contributed by atoms with E-state index in [0.717, 1.165) is 5.75 Å². The number of fused-ring (bicyclic) bond motifs is 1. The largest absolute Gasteiger partial charge is 0.497 e. The zero-order valence-corrected chi connectivity index (χ0v) is 12.5. The highest BCUT2D eigenvalue weighted by atomic mass is 16.5. The van der Waals surface area contributed by atoms with Gasteiger partial charge in [0.2, 0.25) is 0 Å². The number of nitrogens with one attached hydrogen (secondary N) is 1. The van der Waals surface area contributed by atoms with Crippen molar-refractivity contribution >= 4 is 17.4 Å². The van der Waals surface area contributed by atoms with Gasteiger partial charge in [0.1, 0.15) is 11.6 Å². The zero-order chi connectivity index (χ0) is 15.7. The van der Waals surface area contributed by atoms with Crippen LogP contribution in [0.25, 0.3) is 5.78 Å². The predicted molar refractivity (Wildman–Crippen MR) is 81.2 cm³/mol. The second-order valence-electron chi connectivity index (χ2n) is 4.83. The summed E-state index contributed by atoms with van der Waals surface area (Å²) in [5.74, 6) is 1.58. The number of methoxy groups -OCH3 is 1. The van der Waals surface area contributed by atoms with E-state index < -0.39 is 0 Å². The molecule has 1 amide bonds. The van der Waals surface area contributed by atoms with Crippen LogP contribution in [0.1, 0.15) is 21.9 Å². The molecule has 0 aliphatic carbocycles. The van der Waals surface area contributed by atoms with E-state index in [4.69, 9.17) is 4.74 Å². The lowest BCUT2D eigenvalue weighted by atomic mass is 10.2. The lowest BCUT2D eigenvalue weighted by molar-refractivity contribution is 0.102. The van der Waals surface area contributed by atoms with Crippen molar-refractivity contribution in [1.29, 1.82) is 0 Å². The minimum Gasteiger partial charge on any atom is -0.497 e. The van der Waals surface area contributed by atoms with Crippen molar-refractivity contribution < 1.29 is 9.53 Å². The van der Waals surface area contributed by atoms with Gasteiger partial charge >= 0.3 is 0 Å². The van der Waals surface area contributed by atoms with Crippen LogP contribution in [-0.4, -0.2) is 32.6 Å². The van der Waals surface area contributed by atoms with Crippen LogP contribution < -0.4 is 10.1 Å². The summed E-state index contributed by atoms with van der Waals surface area (Å²) in [5, 5.41) is 7.00. The third-order valence-corrected chi connectivity index (χ3v) is 3.22. The second kappa shape index (κ2) is 5.44. The molecule has 7 nitrogen and oxygen atoms in total. The van der Waals surface area contributed by atoms with Crippen LogP contribution in [0.4, 0.5) is 5.69 Å². The molecule has 1 aromatic carbocycles. The number of anilines is 1. The first-order valence-electron chi connectivity index (χ1n) is 6.73. The van der Waals surface area contributed by atoms with Crippen LogP contribution >= 0.6 is 0 Å². The number of nitrogens with zero attached hydrogens (tertiary/aromatic N) is 4. The Labute approximate surface area is 127 Å². The number of amides is 1. The maximum absolute atomic E-state index is 12.4. The van der Waals surface area contributed by atoms with Crippen LogP contribution in [0.3, 0.4) is 0 Å². The van der Waals surface area contributed by atoms with E-state index in [2.05, 4.69) is 20.4 Å². The Bertz CT molecular complexity index is 839. The summed E-state index contributed by atoms with van der Waals surface area (Å²) in [6, 6.07) is 7.12. The van der Waals surface area contributed by atoms with E-state index in [1.165, 1.54) is 4.52 Å². The number of aromatic nitrogens is 4. The standard InChI is InChI=1S/C15H15N5O2/c1-9-13(8-20-15(16-9)17-10(2)19-20)14(21)18-11-4-6-12(22-3)7-5-11/h4-8H,1-3H3,(H,18,21). The molecule has 3 aromatic rings. The van der Waals surface area contributed by atoms with Crippen molar-refractivity contribution in [3.8, 4) is 5.75 Å². The van der Waals surface area contributed by atoms with Gasteiger partial charge in [0.25, 0.3) is 11.7 Å². The first kappa shape index (κ1) is 14.0. The summed E-state index contributed by atoms with van der Waals surface area (Å²) < 4.78 is 6.59. The molecule has 0 saturated heterocycles. The summed E-state index contributed by atoms with van der Waals surface area (Å²) in [5.41, 5.74) is 1.74. The molecule has 2 heterocycles. The maximum Gasteiger partial charge on any atom is 0.259 e. The third kappa shape index (κ3) is 2.60. The van der Waals surface area contributed by atoms with Crippen molar-refractivity contribution in [3.05, 3.63) is 47.5 Å². The fourth-order valence-corrected chi connectivity index (χ4v) is 2.10. The Morgan fingerprint density at radius 3 is 2.59 bits per heavy atom. The van der Waals surface area contributed by atoms with Crippen molar-refractivity contribution in [1.82, 2.24) is 19.6 Å². The predicted octanol–water partition coefficient (Wildman–Crippen LogP) is 2.00. The number of benzene rings is 1. The number of carbonyl (C=O) groups is 1. The highest BCUT2D eigenvalue weighted by Crippen LogP contribution is 2.16. The lowest BCUT2D eigenvalue weighted by Gasteiger charge is -2.08. The Hall–Kier alpha value is -2.96. The number of ether oxygens (including phenoxy) is 1. The van der Waals surface area contributed by atoms with Crippen LogP contribution in [0.5, 0.6) is 5.75 Å². The maximum atomic E-state index is 12.4. The van der Waals surface area contributed by atoms with E-state index in [9.17, 15) is 4.79 Å². The number of rotatable bonds is 3. The quantitative estimate of drug-likeness (QED) is 0.799. The third-order valence-electron chi connectivity index (χ3n) is 3.22. The highest BCUT2D eigenvalue weighted by Gasteiger charge is 2.14. The second-order valence-corrected chi connectivity index (χ2v) is 4.83. The van der Waals surface area contributed by atoms with E-state index in [1.54, 1.807) is 51.4 Å². The molecule has 0 saturated carbocycles. The van der Waals surface area contributed by atoms with Crippen LogP contribution in [0, 0.1) is 13.8 Å². The topological polar surface area (TPSA) is 81.4 Å². The van der Waals surface area contributed by atoms with Gasteiger partial charge in [-0.3, -0.25) is 4.79 Å². The van der Waals surface area contributed by atoms with Crippen molar-refractivity contribution in [2.75, 3.05) is 12.4 Å². The molecule has 0 spiro atoms. The first-order chi connectivity index (χ1) is 10.6. The van der Waals surface area contributed by atoms with Gasteiger partial charge in [-0.25, -0.2) is 9.50 Å². The molecule has 0 bridgehead atoms. The van der Waals surface area contributed by atoms with Gasteiger partial charge in [-0.1, -0.05) is 0 Å². The summed E-state index contributed by atoms with van der Waals surface area (Å²) in [4.78, 5) is 20.9. The van der Waals surface area contributed by atoms with Gasteiger partial charge in [0, 0.05) is 11.9 Å². The minimum absolute atomic E-state index is 0.245. The van der Waals surface area contributed by atoms with Gasteiger partial charge in [0.05, 0.1) is 18.4 Å². The minimum atomic E-state index is -0.245. The van der Waals surface area contributed by atoms with Gasteiger partial charge in [-0.05, 0) is 38.1 Å². The Morgan fingerprint density at radius 1 is 1.18 bits per heavy atom. The van der Waals surface area contributed by atoms with Crippen molar-refractivity contribution in [2.45, 2.75) is 13.8 Å². The number of carbonyl (C=O) groups excluding carboxylic acids is 1. The summed E-state index contributed by atoms with van der Waals surface area (Å²) >= 11 is 0. The molecule has 3 rings (SSSR count). The van der Waals surface area contributed by atoms with Gasteiger partial charge in [-0.15, -0.1) is 0 Å². The van der Waals surface area contributed by atoms with Crippen LogP contribution in [0.15, 0.2) is 30.5 Å². The molecular weight excluding hydrogens is 282 g/mol. The van der Waals surface area contributed by atoms with Gasteiger partial charge < -0.3 is 10.1 Å². The normalized spacial score (nSPS) is 10.7. The average Bonchev–Trinajstić information content (AvgIpc) is 2.86. The molecule has 22 heavy (non-hydrogen) atoms. The Morgan fingerprint density at radius 2 is 1.91 bits per heavy atom. The van der Waals surface area contributed by atoms with E-state index in [0.29, 0.717) is 28.5 Å². The highest BCUT2D eigenvalue weighted by molar-refractivity contribution is 6.04. The molecule has 0 fully saturated rings.